The van der Waals surface area contributed by atoms with E-state index in [1.807, 2.05) is 0 Å². The van der Waals surface area contributed by atoms with Gasteiger partial charge < -0.3 is 4.90 Å². The molecule has 0 aliphatic heterocycles. The Labute approximate surface area is 109 Å². The summed E-state index contributed by atoms with van der Waals surface area (Å²) in [5.74, 6) is 1.68. The molecule has 0 unspecified atom stereocenters. The highest BCUT2D eigenvalue weighted by molar-refractivity contribution is 9.10. The molecular formula is C11H15BrClN3. The Kier molecular flexibility index (Phi) is 4.03. The van der Waals surface area contributed by atoms with Crippen LogP contribution in [-0.4, -0.2) is 23.6 Å². The molecule has 3 nitrogen and oxygen atoms in total. The summed E-state index contributed by atoms with van der Waals surface area (Å²) in [7, 11) is 2.06. The SMILES string of the molecule is CN(CC1CCCC1)c1ncnc(Cl)c1Br. The number of anilines is 1. The molecule has 0 saturated heterocycles. The molecule has 16 heavy (non-hydrogen) atoms. The van der Waals surface area contributed by atoms with Gasteiger partial charge in [-0.25, -0.2) is 9.97 Å². The molecule has 0 aromatic carbocycles. The third-order valence-corrected chi connectivity index (χ3v) is 4.34. The van der Waals surface area contributed by atoms with Crippen molar-refractivity contribution >= 4 is 33.3 Å². The molecule has 0 amide bonds. The molecule has 0 N–H and O–H groups in total. The normalized spacial score (nSPS) is 16.7. The number of hydrogen-bond acceptors (Lipinski definition) is 3. The van der Waals surface area contributed by atoms with Gasteiger partial charge in [-0.2, -0.15) is 0 Å². The van der Waals surface area contributed by atoms with Gasteiger partial charge in [0.05, 0.1) is 4.47 Å². The molecular weight excluding hydrogens is 289 g/mol. The molecule has 1 heterocycles. The zero-order valence-electron chi connectivity index (χ0n) is 9.29. The standard InChI is InChI=1S/C11H15BrClN3/c1-16(6-8-4-2-3-5-8)11-9(12)10(13)14-7-15-11/h7-8H,2-6H2,1H3. The second kappa shape index (κ2) is 5.32. The summed E-state index contributed by atoms with van der Waals surface area (Å²) >= 11 is 9.38. The van der Waals surface area contributed by atoms with Crippen LogP contribution in [0.4, 0.5) is 5.82 Å². The van der Waals surface area contributed by atoms with E-state index < -0.39 is 0 Å². The van der Waals surface area contributed by atoms with Crippen LogP contribution in [-0.2, 0) is 0 Å². The monoisotopic (exact) mass is 303 g/mol. The maximum Gasteiger partial charge on any atom is 0.148 e. The lowest BCUT2D eigenvalue weighted by atomic mass is 10.1. The highest BCUT2D eigenvalue weighted by atomic mass is 79.9. The fraction of sp³-hybridized carbons (Fsp3) is 0.636. The molecule has 1 aliphatic carbocycles. The Morgan fingerprint density at radius 2 is 2.12 bits per heavy atom. The fourth-order valence-corrected chi connectivity index (χ4v) is 2.91. The third kappa shape index (κ3) is 2.66. The number of hydrogen-bond donors (Lipinski definition) is 0. The summed E-state index contributed by atoms with van der Waals surface area (Å²) < 4.78 is 0.789. The quantitative estimate of drug-likeness (QED) is 0.800. The van der Waals surface area contributed by atoms with E-state index in [0.717, 1.165) is 22.8 Å². The fourth-order valence-electron chi connectivity index (χ4n) is 2.27. The summed E-state index contributed by atoms with van der Waals surface area (Å²) in [5, 5.41) is 0.475. The van der Waals surface area contributed by atoms with Gasteiger partial charge in [0.15, 0.2) is 0 Å². The van der Waals surface area contributed by atoms with Crippen LogP contribution >= 0.6 is 27.5 Å². The topological polar surface area (TPSA) is 29.0 Å². The first-order valence-electron chi connectivity index (χ1n) is 5.55. The average Bonchev–Trinajstić information content (AvgIpc) is 2.74. The van der Waals surface area contributed by atoms with Crippen LogP contribution in [0.15, 0.2) is 10.8 Å². The van der Waals surface area contributed by atoms with Crippen molar-refractivity contribution in [3.63, 3.8) is 0 Å². The zero-order chi connectivity index (χ0) is 11.5. The highest BCUT2D eigenvalue weighted by Gasteiger charge is 2.19. The van der Waals surface area contributed by atoms with Crippen LogP contribution in [0.3, 0.4) is 0 Å². The molecule has 5 heteroatoms. The highest BCUT2D eigenvalue weighted by Crippen LogP contribution is 2.31. The first kappa shape index (κ1) is 12.1. The lowest BCUT2D eigenvalue weighted by Gasteiger charge is -2.22. The Morgan fingerprint density at radius 1 is 1.44 bits per heavy atom. The van der Waals surface area contributed by atoms with Gasteiger partial charge in [0.25, 0.3) is 0 Å². The van der Waals surface area contributed by atoms with Gasteiger partial charge in [-0.15, -0.1) is 0 Å². The Balaban J connectivity index is 2.07. The molecule has 1 fully saturated rings. The van der Waals surface area contributed by atoms with E-state index in [9.17, 15) is 0 Å². The number of nitrogens with zero attached hydrogens (tertiary/aromatic N) is 3. The van der Waals surface area contributed by atoms with E-state index in [1.165, 1.54) is 32.0 Å². The van der Waals surface area contributed by atoms with E-state index in [1.54, 1.807) is 0 Å². The Morgan fingerprint density at radius 3 is 2.81 bits per heavy atom. The van der Waals surface area contributed by atoms with Crippen molar-refractivity contribution in [2.45, 2.75) is 25.7 Å². The van der Waals surface area contributed by atoms with Gasteiger partial charge in [-0.1, -0.05) is 24.4 Å². The molecule has 2 rings (SSSR count). The third-order valence-electron chi connectivity index (χ3n) is 3.10. The molecule has 0 atom stereocenters. The number of aromatic nitrogens is 2. The van der Waals surface area contributed by atoms with Crippen molar-refractivity contribution in [1.82, 2.24) is 9.97 Å². The lowest BCUT2D eigenvalue weighted by molar-refractivity contribution is 0.544. The summed E-state index contributed by atoms with van der Waals surface area (Å²) in [6.07, 6.45) is 6.91. The largest absolute Gasteiger partial charge is 0.358 e. The van der Waals surface area contributed by atoms with Crippen molar-refractivity contribution in [3.05, 3.63) is 16.0 Å². The second-order valence-corrected chi connectivity index (χ2v) is 5.48. The van der Waals surface area contributed by atoms with Crippen LogP contribution in [0.1, 0.15) is 25.7 Å². The number of halogens is 2. The van der Waals surface area contributed by atoms with E-state index in [2.05, 4.69) is 37.8 Å². The minimum atomic E-state index is 0.475. The summed E-state index contributed by atoms with van der Waals surface area (Å²) in [6, 6.07) is 0. The van der Waals surface area contributed by atoms with Gasteiger partial charge in [0.2, 0.25) is 0 Å². The van der Waals surface area contributed by atoms with Gasteiger partial charge in [-0.3, -0.25) is 0 Å². The lowest BCUT2D eigenvalue weighted by Crippen LogP contribution is -2.25. The van der Waals surface area contributed by atoms with Crippen molar-refractivity contribution in [2.24, 2.45) is 5.92 Å². The Hall–Kier alpha value is -0.350. The van der Waals surface area contributed by atoms with E-state index in [4.69, 9.17) is 11.6 Å². The molecule has 1 aromatic heterocycles. The molecule has 1 saturated carbocycles. The van der Waals surface area contributed by atoms with Crippen molar-refractivity contribution in [2.75, 3.05) is 18.5 Å². The maximum atomic E-state index is 5.95. The molecule has 0 radical (unpaired) electrons. The molecule has 1 aliphatic rings. The summed E-state index contributed by atoms with van der Waals surface area (Å²) in [6.45, 7) is 1.05. The smallest absolute Gasteiger partial charge is 0.148 e. The van der Waals surface area contributed by atoms with Crippen LogP contribution in [0.2, 0.25) is 5.15 Å². The van der Waals surface area contributed by atoms with Crippen LogP contribution in [0.5, 0.6) is 0 Å². The van der Waals surface area contributed by atoms with Crippen molar-refractivity contribution < 1.29 is 0 Å². The van der Waals surface area contributed by atoms with Crippen LogP contribution in [0, 0.1) is 5.92 Å². The summed E-state index contributed by atoms with van der Waals surface area (Å²) in [4.78, 5) is 10.4. The van der Waals surface area contributed by atoms with Crippen molar-refractivity contribution in [1.29, 1.82) is 0 Å². The molecule has 88 valence electrons. The average molecular weight is 305 g/mol. The van der Waals surface area contributed by atoms with Gasteiger partial charge >= 0.3 is 0 Å². The molecule has 0 spiro atoms. The molecule has 1 aromatic rings. The second-order valence-electron chi connectivity index (χ2n) is 4.33. The minimum Gasteiger partial charge on any atom is -0.358 e. The van der Waals surface area contributed by atoms with Crippen LogP contribution in [0.25, 0.3) is 0 Å². The number of rotatable bonds is 3. The first-order chi connectivity index (χ1) is 7.68. The Bertz CT molecular complexity index is 366. The first-order valence-corrected chi connectivity index (χ1v) is 6.72. The van der Waals surface area contributed by atoms with E-state index in [0.29, 0.717) is 5.15 Å². The van der Waals surface area contributed by atoms with Crippen molar-refractivity contribution in [3.8, 4) is 0 Å². The molecule has 0 bridgehead atoms. The van der Waals surface area contributed by atoms with Gasteiger partial charge in [-0.05, 0) is 34.7 Å². The van der Waals surface area contributed by atoms with E-state index in [-0.39, 0.29) is 0 Å². The van der Waals surface area contributed by atoms with Gasteiger partial charge in [0, 0.05) is 13.6 Å². The van der Waals surface area contributed by atoms with E-state index >= 15 is 0 Å². The zero-order valence-corrected chi connectivity index (χ0v) is 11.6. The van der Waals surface area contributed by atoms with Gasteiger partial charge in [0.1, 0.15) is 17.3 Å². The van der Waals surface area contributed by atoms with Crippen LogP contribution < -0.4 is 4.90 Å². The predicted octanol–water partition coefficient (Wildman–Crippen LogP) is 3.52. The summed E-state index contributed by atoms with van der Waals surface area (Å²) in [5.41, 5.74) is 0. The predicted molar refractivity (Wildman–Crippen MR) is 70.0 cm³/mol. The maximum absolute atomic E-state index is 5.95. The minimum absolute atomic E-state index is 0.475.